The maximum atomic E-state index is 4.64. The summed E-state index contributed by atoms with van der Waals surface area (Å²) >= 11 is 3.48. The van der Waals surface area contributed by atoms with E-state index in [9.17, 15) is 0 Å². The van der Waals surface area contributed by atoms with Gasteiger partial charge in [0.15, 0.2) is 0 Å². The SMILES string of the molecule is Cc1sc2ncnc(N3CCC/C(=C/c4nccs4)CC3)c2c1C. The van der Waals surface area contributed by atoms with Crippen molar-refractivity contribution in [3.05, 3.63) is 38.9 Å². The number of rotatable bonds is 2. The van der Waals surface area contributed by atoms with Gasteiger partial charge in [-0.3, -0.25) is 0 Å². The first-order chi connectivity index (χ1) is 11.7. The minimum absolute atomic E-state index is 1.01. The van der Waals surface area contributed by atoms with Gasteiger partial charge in [0.05, 0.1) is 5.39 Å². The molecule has 1 aliphatic heterocycles. The summed E-state index contributed by atoms with van der Waals surface area (Å²) in [4.78, 5) is 18.4. The Bertz CT molecular complexity index is 880. The van der Waals surface area contributed by atoms with Crippen LogP contribution in [0.2, 0.25) is 0 Å². The molecule has 1 fully saturated rings. The zero-order chi connectivity index (χ0) is 16.5. The van der Waals surface area contributed by atoms with Gasteiger partial charge in [-0.1, -0.05) is 5.57 Å². The molecule has 0 aromatic carbocycles. The lowest BCUT2D eigenvalue weighted by atomic mass is 10.1. The summed E-state index contributed by atoms with van der Waals surface area (Å²) in [6, 6.07) is 0. The number of hydrogen-bond donors (Lipinski definition) is 0. The molecule has 0 amide bonds. The number of fused-ring (bicyclic) bond motifs is 1. The summed E-state index contributed by atoms with van der Waals surface area (Å²) in [5, 5.41) is 4.40. The molecule has 3 aromatic rings. The van der Waals surface area contributed by atoms with Crippen LogP contribution in [0.15, 0.2) is 23.5 Å². The van der Waals surface area contributed by atoms with Crippen molar-refractivity contribution in [1.82, 2.24) is 15.0 Å². The molecule has 6 heteroatoms. The minimum Gasteiger partial charge on any atom is -0.356 e. The van der Waals surface area contributed by atoms with Crippen molar-refractivity contribution in [2.75, 3.05) is 18.0 Å². The Labute approximate surface area is 149 Å². The maximum Gasteiger partial charge on any atom is 0.141 e. The first-order valence-corrected chi connectivity index (χ1v) is 9.96. The minimum atomic E-state index is 1.01. The Morgan fingerprint density at radius 1 is 1.12 bits per heavy atom. The second kappa shape index (κ2) is 6.61. The molecule has 0 aliphatic carbocycles. The van der Waals surface area contributed by atoms with Gasteiger partial charge in [0.1, 0.15) is 22.0 Å². The third-order valence-corrected chi connectivity index (χ3v) is 6.49. The molecule has 0 radical (unpaired) electrons. The molecule has 3 aromatic heterocycles. The highest BCUT2D eigenvalue weighted by atomic mass is 32.1. The van der Waals surface area contributed by atoms with Crippen LogP contribution in [0.5, 0.6) is 0 Å². The Morgan fingerprint density at radius 2 is 2.04 bits per heavy atom. The van der Waals surface area contributed by atoms with Gasteiger partial charge in [-0.25, -0.2) is 15.0 Å². The molecule has 0 unspecified atom stereocenters. The van der Waals surface area contributed by atoms with Crippen LogP contribution in [0, 0.1) is 13.8 Å². The molecule has 24 heavy (non-hydrogen) atoms. The summed E-state index contributed by atoms with van der Waals surface area (Å²) in [6.45, 7) is 6.42. The Kier molecular flexibility index (Phi) is 4.33. The third kappa shape index (κ3) is 2.96. The van der Waals surface area contributed by atoms with E-state index >= 15 is 0 Å². The molecule has 0 N–H and O–H groups in total. The predicted octanol–water partition coefficient (Wildman–Crippen LogP) is 4.84. The standard InChI is InChI=1S/C18H20N4S2/c1-12-13(2)24-18-16(12)17(20-11-21-18)22-7-3-4-14(5-8-22)10-15-19-6-9-23-15/h6,9-11H,3-5,7-8H2,1-2H3/b14-10-. The van der Waals surface area contributed by atoms with Crippen molar-refractivity contribution in [3.8, 4) is 0 Å². The highest BCUT2D eigenvalue weighted by molar-refractivity contribution is 7.18. The molecule has 0 saturated carbocycles. The fraction of sp³-hybridized carbons (Fsp3) is 0.389. The smallest absolute Gasteiger partial charge is 0.141 e. The van der Waals surface area contributed by atoms with Crippen molar-refractivity contribution in [3.63, 3.8) is 0 Å². The van der Waals surface area contributed by atoms with Crippen molar-refractivity contribution in [2.45, 2.75) is 33.1 Å². The highest BCUT2D eigenvalue weighted by Gasteiger charge is 2.19. The van der Waals surface area contributed by atoms with E-state index in [0.717, 1.165) is 48.0 Å². The normalized spacial score (nSPS) is 17.6. The van der Waals surface area contributed by atoms with Crippen LogP contribution in [0.4, 0.5) is 5.82 Å². The van der Waals surface area contributed by atoms with Crippen molar-refractivity contribution in [1.29, 1.82) is 0 Å². The fourth-order valence-electron chi connectivity index (χ4n) is 3.25. The summed E-state index contributed by atoms with van der Waals surface area (Å²) in [6.07, 6.45) is 9.23. The number of aryl methyl sites for hydroxylation is 2. The second-order valence-corrected chi connectivity index (χ2v) is 8.30. The van der Waals surface area contributed by atoms with Crippen LogP contribution < -0.4 is 4.90 Å². The lowest BCUT2D eigenvalue weighted by Gasteiger charge is -2.22. The number of anilines is 1. The molecule has 0 atom stereocenters. The van der Waals surface area contributed by atoms with Gasteiger partial charge in [-0.05, 0) is 44.7 Å². The first-order valence-electron chi connectivity index (χ1n) is 8.27. The van der Waals surface area contributed by atoms with Crippen LogP contribution in [0.3, 0.4) is 0 Å². The summed E-state index contributed by atoms with van der Waals surface area (Å²) in [5.41, 5.74) is 2.82. The summed E-state index contributed by atoms with van der Waals surface area (Å²) < 4.78 is 0. The maximum absolute atomic E-state index is 4.64. The van der Waals surface area contributed by atoms with Crippen LogP contribution in [-0.2, 0) is 0 Å². The summed E-state index contributed by atoms with van der Waals surface area (Å²) in [7, 11) is 0. The van der Waals surface area contributed by atoms with Gasteiger partial charge in [0.2, 0.25) is 0 Å². The van der Waals surface area contributed by atoms with E-state index in [1.807, 2.05) is 11.6 Å². The Hall–Kier alpha value is -1.79. The first kappa shape index (κ1) is 15.7. The number of thiazole rings is 1. The molecule has 4 rings (SSSR count). The van der Waals surface area contributed by atoms with E-state index in [4.69, 9.17) is 0 Å². The number of hydrogen-bond acceptors (Lipinski definition) is 6. The largest absolute Gasteiger partial charge is 0.356 e. The van der Waals surface area contributed by atoms with E-state index in [-0.39, 0.29) is 0 Å². The van der Waals surface area contributed by atoms with Gasteiger partial charge in [-0.2, -0.15) is 0 Å². The quantitative estimate of drug-likeness (QED) is 0.659. The van der Waals surface area contributed by atoms with Crippen molar-refractivity contribution in [2.24, 2.45) is 0 Å². The molecule has 1 aliphatic rings. The average Bonchev–Trinajstić information content (AvgIpc) is 3.11. The van der Waals surface area contributed by atoms with Crippen LogP contribution in [0.1, 0.15) is 34.7 Å². The molecule has 0 bridgehead atoms. The van der Waals surface area contributed by atoms with Gasteiger partial charge >= 0.3 is 0 Å². The fourth-order valence-corrected chi connectivity index (χ4v) is 4.86. The van der Waals surface area contributed by atoms with Crippen LogP contribution >= 0.6 is 22.7 Å². The summed E-state index contributed by atoms with van der Waals surface area (Å²) in [5.74, 6) is 1.11. The van der Waals surface area contributed by atoms with Gasteiger partial charge in [-0.15, -0.1) is 22.7 Å². The lowest BCUT2D eigenvalue weighted by molar-refractivity contribution is 0.780. The predicted molar refractivity (Wildman–Crippen MR) is 103 cm³/mol. The molecular formula is C18H20N4S2. The molecule has 4 nitrogen and oxygen atoms in total. The topological polar surface area (TPSA) is 41.9 Å². The molecule has 4 heterocycles. The van der Waals surface area contributed by atoms with Crippen molar-refractivity contribution >= 4 is 44.8 Å². The third-order valence-electron chi connectivity index (χ3n) is 4.65. The van der Waals surface area contributed by atoms with Crippen LogP contribution in [0.25, 0.3) is 16.3 Å². The number of thiophene rings is 1. The molecule has 124 valence electrons. The van der Waals surface area contributed by atoms with Gasteiger partial charge in [0, 0.05) is 29.5 Å². The van der Waals surface area contributed by atoms with Crippen molar-refractivity contribution < 1.29 is 0 Å². The Balaban J connectivity index is 1.62. The van der Waals surface area contributed by atoms with E-state index in [2.05, 4.69) is 39.8 Å². The zero-order valence-electron chi connectivity index (χ0n) is 14.0. The lowest BCUT2D eigenvalue weighted by Crippen LogP contribution is -2.25. The van der Waals surface area contributed by atoms with E-state index in [0.29, 0.717) is 0 Å². The molecule has 0 spiro atoms. The van der Waals surface area contributed by atoms with Gasteiger partial charge < -0.3 is 4.90 Å². The second-order valence-electron chi connectivity index (χ2n) is 6.17. The average molecular weight is 357 g/mol. The zero-order valence-corrected chi connectivity index (χ0v) is 15.6. The van der Waals surface area contributed by atoms with Gasteiger partial charge in [0.25, 0.3) is 0 Å². The Morgan fingerprint density at radius 3 is 2.88 bits per heavy atom. The number of nitrogens with zero attached hydrogens (tertiary/aromatic N) is 4. The van der Waals surface area contributed by atoms with E-state index in [1.54, 1.807) is 29.0 Å². The number of aromatic nitrogens is 3. The monoisotopic (exact) mass is 356 g/mol. The van der Waals surface area contributed by atoms with E-state index in [1.165, 1.54) is 21.4 Å². The molecule has 1 saturated heterocycles. The molecular weight excluding hydrogens is 336 g/mol. The highest BCUT2D eigenvalue weighted by Crippen LogP contribution is 2.35. The van der Waals surface area contributed by atoms with E-state index < -0.39 is 0 Å². The van der Waals surface area contributed by atoms with Crippen LogP contribution in [-0.4, -0.2) is 28.0 Å².